The molecule has 3 heterocycles. The predicted molar refractivity (Wildman–Crippen MR) is 183 cm³/mol. The van der Waals surface area contributed by atoms with Crippen LogP contribution in [-0.4, -0.2) is 52.1 Å². The highest BCUT2D eigenvalue weighted by atomic mass is 35.5. The Morgan fingerprint density at radius 3 is 2.21 bits per heavy atom. The van der Waals surface area contributed by atoms with Gasteiger partial charge in [-0.3, -0.25) is 19.4 Å². The zero-order chi connectivity index (χ0) is 33.1. The molecule has 7 rings (SSSR count). The van der Waals surface area contributed by atoms with Crippen LogP contribution in [0.4, 0.5) is 5.69 Å². The molecule has 0 bridgehead atoms. The Morgan fingerprint density at radius 2 is 1.51 bits per heavy atom. The number of benzene rings is 3. The number of carbonyl (C=O) groups excluding carboxylic acids is 3. The summed E-state index contributed by atoms with van der Waals surface area (Å²) in [5.74, 6) is -1.86. The molecule has 1 aliphatic carbocycles. The Balaban J connectivity index is 1.21. The van der Waals surface area contributed by atoms with Crippen molar-refractivity contribution in [1.82, 2.24) is 10.0 Å². The number of allylic oxidation sites excluding steroid dienone is 1. The van der Waals surface area contributed by atoms with Gasteiger partial charge in [0.2, 0.25) is 0 Å². The summed E-state index contributed by atoms with van der Waals surface area (Å²) in [6.45, 7) is -0.376. The molecule has 3 aliphatic heterocycles. The first kappa shape index (κ1) is 32.4. The molecule has 0 unspecified atom stereocenters. The van der Waals surface area contributed by atoms with Crippen molar-refractivity contribution in [3.05, 3.63) is 101 Å². The Bertz CT molecular complexity index is 1950. The average molecular weight is 751 g/mol. The van der Waals surface area contributed by atoms with E-state index in [1.807, 2.05) is 12.1 Å². The summed E-state index contributed by atoms with van der Waals surface area (Å²) < 4.78 is 0. The van der Waals surface area contributed by atoms with Gasteiger partial charge in [0.25, 0.3) is 17.7 Å². The van der Waals surface area contributed by atoms with Crippen LogP contribution in [0.25, 0.3) is 6.08 Å². The number of hydrogen-bond acceptors (Lipinski definition) is 7. The molecule has 4 aliphatic rings. The van der Waals surface area contributed by atoms with Gasteiger partial charge in [0, 0.05) is 31.0 Å². The van der Waals surface area contributed by atoms with E-state index in [0.717, 1.165) is 41.0 Å². The maximum atomic E-state index is 14.2. The molecule has 15 heteroatoms. The number of anilines is 1. The first-order chi connectivity index (χ1) is 22.5. The van der Waals surface area contributed by atoms with Crippen molar-refractivity contribution in [2.24, 2.45) is 21.4 Å². The maximum Gasteiger partial charge on any atom is 0.264 e. The van der Waals surface area contributed by atoms with Crippen molar-refractivity contribution in [1.29, 1.82) is 0 Å². The number of rotatable bonds is 5. The third-order valence-electron chi connectivity index (χ3n) is 8.64. The Labute approximate surface area is 299 Å². The van der Waals surface area contributed by atoms with Crippen LogP contribution >= 0.6 is 69.6 Å². The van der Waals surface area contributed by atoms with Crippen LogP contribution in [0, 0.1) is 5.92 Å². The number of amides is 3. The summed E-state index contributed by atoms with van der Waals surface area (Å²) in [6, 6.07) is 12.0. The van der Waals surface area contributed by atoms with Crippen LogP contribution in [0.1, 0.15) is 36.4 Å². The van der Waals surface area contributed by atoms with E-state index in [9.17, 15) is 14.4 Å². The number of halogens is 6. The summed E-state index contributed by atoms with van der Waals surface area (Å²) in [6.07, 6.45) is 4.28. The lowest BCUT2D eigenvalue weighted by atomic mass is 9.77. The minimum absolute atomic E-state index is 0.126. The topological polar surface area (TPSA) is 98.0 Å². The van der Waals surface area contributed by atoms with Crippen LogP contribution in [-0.2, 0) is 14.4 Å². The van der Waals surface area contributed by atoms with E-state index in [2.05, 4.69) is 10.3 Å². The van der Waals surface area contributed by atoms with Gasteiger partial charge in [0.15, 0.2) is 12.1 Å². The molecular formula is C32H22Cl6N6O3. The molecule has 4 atom stereocenters. The first-order valence-corrected chi connectivity index (χ1v) is 16.8. The lowest BCUT2D eigenvalue weighted by molar-refractivity contribution is -0.136. The normalized spacial score (nSPS) is 24.3. The van der Waals surface area contributed by atoms with Crippen LogP contribution in [0.2, 0.25) is 30.1 Å². The zero-order valence-corrected chi connectivity index (χ0v) is 28.6. The van der Waals surface area contributed by atoms with Gasteiger partial charge >= 0.3 is 0 Å². The minimum Gasteiger partial charge on any atom is -0.271 e. The smallest absolute Gasteiger partial charge is 0.264 e. The summed E-state index contributed by atoms with van der Waals surface area (Å²) in [7, 11) is 0. The highest BCUT2D eigenvalue weighted by molar-refractivity contribution is 6.39. The van der Waals surface area contributed by atoms with Gasteiger partial charge in [-0.15, -0.1) is 0 Å². The molecular weight excluding hydrogens is 729 g/mol. The van der Waals surface area contributed by atoms with Gasteiger partial charge in [0.05, 0.1) is 22.5 Å². The van der Waals surface area contributed by atoms with Crippen LogP contribution in [0.3, 0.4) is 0 Å². The van der Waals surface area contributed by atoms with E-state index >= 15 is 0 Å². The van der Waals surface area contributed by atoms with E-state index in [1.165, 1.54) is 28.2 Å². The van der Waals surface area contributed by atoms with Crippen molar-refractivity contribution in [2.45, 2.75) is 37.4 Å². The van der Waals surface area contributed by atoms with E-state index in [0.29, 0.717) is 30.7 Å². The number of hydrazone groups is 1. The van der Waals surface area contributed by atoms with Crippen molar-refractivity contribution in [2.75, 3.05) is 11.4 Å². The van der Waals surface area contributed by atoms with E-state index in [4.69, 9.17) is 74.7 Å². The molecule has 240 valence electrons. The van der Waals surface area contributed by atoms with Gasteiger partial charge in [-0.1, -0.05) is 87.0 Å². The number of nitrogens with zero attached hydrogens (tertiary/aromatic N) is 6. The number of imide groups is 1. The fourth-order valence-electron chi connectivity index (χ4n) is 6.53. The van der Waals surface area contributed by atoms with E-state index < -0.39 is 35.8 Å². The number of carbonyl (C=O) groups is 3. The minimum atomic E-state index is -1.13. The lowest BCUT2D eigenvalue weighted by Gasteiger charge is -2.31. The van der Waals surface area contributed by atoms with Gasteiger partial charge in [-0.05, 0) is 84.5 Å². The van der Waals surface area contributed by atoms with Gasteiger partial charge in [0.1, 0.15) is 6.54 Å². The highest BCUT2D eigenvalue weighted by Gasteiger charge is 2.56. The average Bonchev–Trinajstić information content (AvgIpc) is 3.68. The molecule has 3 aromatic carbocycles. The zero-order valence-electron chi connectivity index (χ0n) is 24.1. The fraction of sp³-hybridized carbons (Fsp3) is 0.250. The summed E-state index contributed by atoms with van der Waals surface area (Å²) in [5.41, 5.74) is 3.30. The molecule has 3 amide bonds. The first-order valence-electron chi connectivity index (χ1n) is 14.5. The maximum absolute atomic E-state index is 14.2. The van der Waals surface area contributed by atoms with Crippen molar-refractivity contribution < 1.29 is 14.4 Å². The van der Waals surface area contributed by atoms with E-state index in [1.54, 1.807) is 30.3 Å². The SMILES string of the molecule is O=C1[C@H]2N=NN(CC(=O)N3N=C4/C(=C/c5ccc(Cl)cc5Cl)CCC[C@@H]4[C@@H]3c3ccc(Cl)cc3Cl)[C@H]2C(=O)N1c1ccc(Cl)cc1Cl. The van der Waals surface area contributed by atoms with Crippen LogP contribution in [0.5, 0.6) is 0 Å². The fourth-order valence-corrected chi connectivity index (χ4v) is 8.00. The molecule has 0 radical (unpaired) electrons. The molecule has 9 nitrogen and oxygen atoms in total. The van der Waals surface area contributed by atoms with Crippen molar-refractivity contribution >= 4 is 105 Å². The van der Waals surface area contributed by atoms with Crippen LogP contribution < -0.4 is 4.90 Å². The van der Waals surface area contributed by atoms with Crippen molar-refractivity contribution in [3.63, 3.8) is 0 Å². The molecule has 1 saturated heterocycles. The summed E-state index contributed by atoms with van der Waals surface area (Å²) >= 11 is 37.9. The third-order valence-corrected chi connectivity index (χ3v) is 10.3. The number of fused-ring (bicyclic) bond motifs is 2. The molecule has 2 fully saturated rings. The Hall–Kier alpha value is -3.18. The largest absolute Gasteiger partial charge is 0.271 e. The number of hydrogen-bond donors (Lipinski definition) is 0. The lowest BCUT2D eigenvalue weighted by Crippen LogP contribution is -2.45. The monoisotopic (exact) mass is 748 g/mol. The van der Waals surface area contributed by atoms with Gasteiger partial charge < -0.3 is 0 Å². The predicted octanol–water partition coefficient (Wildman–Crippen LogP) is 8.72. The molecule has 0 spiro atoms. The standard InChI is InChI=1S/C32H22Cl6N6O3/c33-17-5-4-15(22(36)11-17)10-16-2-1-3-21-27(16)40-44(29(21)20-8-6-18(34)12-23(20)37)26(45)14-42-30-28(39-41-42)31(46)43(32(30)47)25-9-7-19(35)13-24(25)38/h4-13,21,28-30H,1-3,14H2/b16-10+/t21-,28-,29-,30+/m0/s1. The molecule has 1 saturated carbocycles. The molecule has 47 heavy (non-hydrogen) atoms. The second-order valence-corrected chi connectivity index (χ2v) is 14.0. The van der Waals surface area contributed by atoms with Crippen LogP contribution in [0.15, 0.2) is 75.6 Å². The third kappa shape index (κ3) is 5.81. The molecule has 0 aromatic heterocycles. The Morgan fingerprint density at radius 1 is 0.830 bits per heavy atom. The van der Waals surface area contributed by atoms with E-state index in [-0.39, 0.29) is 23.2 Å². The van der Waals surface area contributed by atoms with Crippen molar-refractivity contribution in [3.8, 4) is 0 Å². The molecule has 0 N–H and O–H groups in total. The molecule has 3 aromatic rings. The quantitative estimate of drug-likeness (QED) is 0.244. The second-order valence-electron chi connectivity index (χ2n) is 11.5. The Kier molecular flexibility index (Phi) is 8.74. The summed E-state index contributed by atoms with van der Waals surface area (Å²) in [5, 5.41) is 18.0. The highest BCUT2D eigenvalue weighted by Crippen LogP contribution is 2.47. The van der Waals surface area contributed by atoms with Gasteiger partial charge in [-0.2, -0.15) is 10.2 Å². The van der Waals surface area contributed by atoms with Gasteiger partial charge in [-0.25, -0.2) is 9.91 Å². The summed E-state index contributed by atoms with van der Waals surface area (Å²) in [4.78, 5) is 42.1. The second kappa shape index (κ2) is 12.7.